The Morgan fingerprint density at radius 1 is 1.38 bits per heavy atom. The van der Waals surface area contributed by atoms with Crippen molar-refractivity contribution in [3.05, 3.63) is 40.5 Å². The maximum Gasteiger partial charge on any atom is 0.271 e. The van der Waals surface area contributed by atoms with E-state index < -0.39 is 5.82 Å². The van der Waals surface area contributed by atoms with Crippen molar-refractivity contribution in [2.45, 2.75) is 20.3 Å². The lowest BCUT2D eigenvalue weighted by atomic mass is 10.1. The number of pyridine rings is 1. The predicted molar refractivity (Wildman–Crippen MR) is 107 cm³/mol. The molecule has 1 aliphatic rings. The normalized spacial score (nSPS) is 17.1. The molecule has 3 aromatic rings. The van der Waals surface area contributed by atoms with Crippen molar-refractivity contribution >= 4 is 39.3 Å². The number of ether oxygens (including phenoxy) is 1. The van der Waals surface area contributed by atoms with Crippen molar-refractivity contribution in [2.75, 3.05) is 19.8 Å². The summed E-state index contributed by atoms with van der Waals surface area (Å²) in [5.74, 6) is -0.354. The molecule has 0 aliphatic carbocycles. The van der Waals surface area contributed by atoms with Gasteiger partial charge < -0.3 is 10.1 Å². The maximum absolute atomic E-state index is 13.4. The number of hydrogen-bond acceptors (Lipinski definition) is 8. The highest BCUT2D eigenvalue weighted by Crippen LogP contribution is 2.25. The average Bonchev–Trinajstić information content (AvgIpc) is 3.34. The Hall–Kier alpha value is -2.85. The van der Waals surface area contributed by atoms with Crippen molar-refractivity contribution < 1.29 is 13.9 Å². The molecule has 0 unspecified atom stereocenters. The molecule has 150 valence electrons. The summed E-state index contributed by atoms with van der Waals surface area (Å²) in [6.45, 7) is 5.44. The van der Waals surface area contributed by atoms with Crippen LogP contribution in [0.15, 0.2) is 23.5 Å². The van der Waals surface area contributed by atoms with Gasteiger partial charge in [-0.3, -0.25) is 9.78 Å². The SMILES string of the molecule is CC(=Nc1nc(C(=O)NC[C@@H]2CCOC2)c2sc(C)nc2n1)c1cncc(F)c1. The van der Waals surface area contributed by atoms with Gasteiger partial charge in [-0.2, -0.15) is 4.98 Å². The van der Waals surface area contributed by atoms with Crippen LogP contribution in [0.2, 0.25) is 0 Å². The average molecular weight is 414 g/mol. The van der Waals surface area contributed by atoms with Gasteiger partial charge in [0.15, 0.2) is 11.3 Å². The molecule has 29 heavy (non-hydrogen) atoms. The highest BCUT2D eigenvalue weighted by Gasteiger charge is 2.21. The molecule has 1 fully saturated rings. The molecule has 0 aromatic carbocycles. The van der Waals surface area contributed by atoms with E-state index in [1.54, 1.807) is 6.92 Å². The molecule has 4 heterocycles. The van der Waals surface area contributed by atoms with Gasteiger partial charge in [0.1, 0.15) is 10.5 Å². The summed E-state index contributed by atoms with van der Waals surface area (Å²) in [5.41, 5.74) is 1.65. The van der Waals surface area contributed by atoms with Crippen molar-refractivity contribution in [1.29, 1.82) is 0 Å². The molecule has 8 nitrogen and oxygen atoms in total. The molecule has 10 heteroatoms. The Kier molecular flexibility index (Phi) is 5.54. The number of carbonyl (C=O) groups is 1. The Balaban J connectivity index is 1.66. The lowest BCUT2D eigenvalue weighted by Crippen LogP contribution is -2.30. The van der Waals surface area contributed by atoms with Crippen LogP contribution in [0.25, 0.3) is 10.3 Å². The van der Waals surface area contributed by atoms with Crippen LogP contribution in [-0.4, -0.2) is 51.3 Å². The number of fused-ring (bicyclic) bond motifs is 1. The standard InChI is InChI=1S/C19H19FN6O2S/c1-10(13-5-14(20)8-21-7-13)23-19-25-15(16-17(26-19)24-11(2)29-16)18(27)22-6-12-3-4-28-9-12/h5,7-8,12H,3-4,6,9H2,1-2H3,(H,22,27)/t12-/m0/s1. The number of hydrogen-bond donors (Lipinski definition) is 1. The quantitative estimate of drug-likeness (QED) is 0.644. The van der Waals surface area contributed by atoms with Gasteiger partial charge in [-0.15, -0.1) is 11.3 Å². The summed E-state index contributed by atoms with van der Waals surface area (Å²) in [6.07, 6.45) is 3.55. The lowest BCUT2D eigenvalue weighted by Gasteiger charge is -2.09. The third-order valence-corrected chi connectivity index (χ3v) is 5.50. The summed E-state index contributed by atoms with van der Waals surface area (Å²) in [6, 6.07) is 1.33. The fraction of sp³-hybridized carbons (Fsp3) is 0.368. The van der Waals surface area contributed by atoms with Gasteiger partial charge in [0.05, 0.1) is 23.5 Å². The first-order valence-corrected chi connectivity index (χ1v) is 9.98. The number of amides is 1. The number of thiazole rings is 1. The van der Waals surface area contributed by atoms with Gasteiger partial charge in [0.25, 0.3) is 11.9 Å². The van der Waals surface area contributed by atoms with Crippen LogP contribution in [0.5, 0.6) is 0 Å². The number of rotatable bonds is 5. The van der Waals surface area contributed by atoms with E-state index in [0.29, 0.717) is 40.7 Å². The van der Waals surface area contributed by atoms with E-state index in [1.807, 2.05) is 6.92 Å². The van der Waals surface area contributed by atoms with Gasteiger partial charge in [-0.05, 0) is 26.3 Å². The van der Waals surface area contributed by atoms with Crippen molar-refractivity contribution in [3.8, 4) is 0 Å². The molecule has 0 spiro atoms. The fourth-order valence-electron chi connectivity index (χ4n) is 3.01. The van der Waals surface area contributed by atoms with Crippen LogP contribution in [-0.2, 0) is 4.74 Å². The summed E-state index contributed by atoms with van der Waals surface area (Å²) >= 11 is 1.36. The van der Waals surface area contributed by atoms with Crippen LogP contribution in [0.4, 0.5) is 10.3 Å². The molecule has 0 saturated carbocycles. The molecule has 1 atom stereocenters. The van der Waals surface area contributed by atoms with E-state index in [2.05, 4.69) is 30.2 Å². The van der Waals surface area contributed by atoms with Crippen LogP contribution in [0, 0.1) is 18.7 Å². The van der Waals surface area contributed by atoms with Crippen LogP contribution >= 0.6 is 11.3 Å². The number of halogens is 1. The minimum atomic E-state index is -0.459. The Bertz CT molecular complexity index is 1090. The minimum absolute atomic E-state index is 0.0962. The molecule has 1 amide bonds. The third kappa shape index (κ3) is 4.43. The highest BCUT2D eigenvalue weighted by molar-refractivity contribution is 7.18. The van der Waals surface area contributed by atoms with Crippen LogP contribution in [0.3, 0.4) is 0 Å². The van der Waals surface area contributed by atoms with Crippen molar-refractivity contribution in [2.24, 2.45) is 10.9 Å². The second-order valence-electron chi connectivity index (χ2n) is 6.79. The van der Waals surface area contributed by atoms with Gasteiger partial charge in [0, 0.05) is 30.8 Å². The number of nitrogens with one attached hydrogen (secondary N) is 1. The van der Waals surface area contributed by atoms with E-state index in [-0.39, 0.29) is 17.5 Å². The van der Waals surface area contributed by atoms with Crippen molar-refractivity contribution in [1.82, 2.24) is 25.3 Å². The predicted octanol–water partition coefficient (Wildman–Crippen LogP) is 2.84. The number of aliphatic imine (C=N–C) groups is 1. The monoisotopic (exact) mass is 414 g/mol. The second kappa shape index (κ2) is 8.26. The molecular formula is C19H19FN6O2S. The van der Waals surface area contributed by atoms with Crippen molar-refractivity contribution in [3.63, 3.8) is 0 Å². The zero-order valence-corrected chi connectivity index (χ0v) is 16.8. The van der Waals surface area contributed by atoms with E-state index in [1.165, 1.54) is 23.6 Å². The zero-order valence-electron chi connectivity index (χ0n) is 16.0. The lowest BCUT2D eigenvalue weighted by molar-refractivity contribution is 0.0942. The highest BCUT2D eigenvalue weighted by atomic mass is 32.1. The molecule has 1 saturated heterocycles. The van der Waals surface area contributed by atoms with E-state index >= 15 is 0 Å². The van der Waals surface area contributed by atoms with Gasteiger partial charge in [-0.1, -0.05) is 0 Å². The second-order valence-corrected chi connectivity index (χ2v) is 7.99. The number of nitrogens with zero attached hydrogens (tertiary/aromatic N) is 5. The van der Waals surface area contributed by atoms with Crippen LogP contribution in [0.1, 0.15) is 34.4 Å². The molecule has 1 N–H and O–H groups in total. The van der Waals surface area contributed by atoms with Gasteiger partial charge in [-0.25, -0.2) is 19.4 Å². The third-order valence-electron chi connectivity index (χ3n) is 4.53. The zero-order chi connectivity index (χ0) is 20.4. The van der Waals surface area contributed by atoms with Gasteiger partial charge >= 0.3 is 0 Å². The molecule has 1 aliphatic heterocycles. The summed E-state index contributed by atoms with van der Waals surface area (Å²) in [5, 5.41) is 3.70. The number of aromatic nitrogens is 4. The molecule has 0 bridgehead atoms. The smallest absolute Gasteiger partial charge is 0.271 e. The van der Waals surface area contributed by atoms with E-state index in [9.17, 15) is 9.18 Å². The Labute approximate surface area is 170 Å². The minimum Gasteiger partial charge on any atom is -0.381 e. The number of carbonyl (C=O) groups excluding carboxylic acids is 1. The summed E-state index contributed by atoms with van der Waals surface area (Å²) in [4.78, 5) is 34.1. The first-order chi connectivity index (χ1) is 14.0. The molecular weight excluding hydrogens is 395 g/mol. The van der Waals surface area contributed by atoms with Gasteiger partial charge in [0.2, 0.25) is 0 Å². The molecule has 3 aromatic heterocycles. The summed E-state index contributed by atoms with van der Waals surface area (Å²) < 4.78 is 19.4. The van der Waals surface area contributed by atoms with E-state index in [4.69, 9.17) is 4.74 Å². The topological polar surface area (TPSA) is 102 Å². The van der Waals surface area contributed by atoms with Crippen LogP contribution < -0.4 is 5.32 Å². The number of aryl methyl sites for hydroxylation is 1. The largest absolute Gasteiger partial charge is 0.381 e. The first-order valence-electron chi connectivity index (χ1n) is 9.17. The fourth-order valence-corrected chi connectivity index (χ4v) is 3.85. The Morgan fingerprint density at radius 2 is 2.24 bits per heavy atom. The van der Waals surface area contributed by atoms with E-state index in [0.717, 1.165) is 24.2 Å². The maximum atomic E-state index is 13.4. The Morgan fingerprint density at radius 3 is 3.00 bits per heavy atom. The molecule has 4 rings (SSSR count). The summed E-state index contributed by atoms with van der Waals surface area (Å²) in [7, 11) is 0. The first kappa shape index (κ1) is 19.5. The molecule has 0 radical (unpaired) electrons.